The van der Waals surface area contributed by atoms with E-state index in [1.807, 2.05) is 0 Å². The van der Waals surface area contributed by atoms with Crippen LogP contribution >= 0.6 is 0 Å². The van der Waals surface area contributed by atoms with Crippen molar-refractivity contribution in [3.05, 3.63) is 41.1 Å². The third kappa shape index (κ3) is 5.06. The van der Waals surface area contributed by atoms with Crippen LogP contribution in [0.1, 0.15) is 10.4 Å². The SMILES string of the molecule is N#CC(C#N)=C(C#N)Nc1ccccc1C(=O)NCCN1CCOCC1. The molecule has 1 aromatic carbocycles. The van der Waals surface area contributed by atoms with E-state index in [0.29, 0.717) is 31.0 Å². The second-order valence-electron chi connectivity index (χ2n) is 5.47. The first-order valence-corrected chi connectivity index (χ1v) is 8.08. The first-order chi connectivity index (χ1) is 12.7. The third-order valence-corrected chi connectivity index (χ3v) is 3.83. The number of ether oxygens (including phenoxy) is 1. The van der Waals surface area contributed by atoms with Crippen molar-refractivity contribution < 1.29 is 9.53 Å². The van der Waals surface area contributed by atoms with Crippen LogP contribution in [-0.4, -0.2) is 50.2 Å². The molecule has 0 radical (unpaired) electrons. The molecule has 26 heavy (non-hydrogen) atoms. The van der Waals surface area contributed by atoms with Gasteiger partial charge in [0, 0.05) is 26.2 Å². The van der Waals surface area contributed by atoms with Gasteiger partial charge >= 0.3 is 0 Å². The van der Waals surface area contributed by atoms with Crippen LogP contribution in [0.25, 0.3) is 0 Å². The van der Waals surface area contributed by atoms with Crippen LogP contribution in [0.2, 0.25) is 0 Å². The number of allylic oxidation sites excluding steroid dienone is 2. The van der Waals surface area contributed by atoms with E-state index in [4.69, 9.17) is 20.5 Å². The first kappa shape index (κ1) is 19.0. The first-order valence-electron chi connectivity index (χ1n) is 8.08. The summed E-state index contributed by atoms with van der Waals surface area (Å²) in [7, 11) is 0. The zero-order chi connectivity index (χ0) is 18.8. The van der Waals surface area contributed by atoms with Crippen LogP contribution in [0, 0.1) is 34.0 Å². The number of hydrogen-bond donors (Lipinski definition) is 2. The maximum absolute atomic E-state index is 12.5. The second-order valence-corrected chi connectivity index (χ2v) is 5.47. The lowest BCUT2D eigenvalue weighted by Crippen LogP contribution is -2.41. The molecule has 1 fully saturated rings. The summed E-state index contributed by atoms with van der Waals surface area (Å²) in [5.41, 5.74) is 0.159. The Balaban J connectivity index is 2.04. The van der Waals surface area contributed by atoms with E-state index in [9.17, 15) is 4.79 Å². The second kappa shape index (κ2) is 9.80. The van der Waals surface area contributed by atoms with Crippen molar-refractivity contribution >= 4 is 11.6 Å². The standard InChI is InChI=1S/C18H18N6O2/c19-11-14(12-20)17(13-21)23-16-4-2-1-3-15(16)18(25)22-5-6-24-7-9-26-10-8-24/h1-4,23H,5-10H2,(H,22,25). The lowest BCUT2D eigenvalue weighted by Gasteiger charge is -2.26. The molecule has 0 bridgehead atoms. The molecule has 0 aliphatic carbocycles. The quantitative estimate of drug-likeness (QED) is 0.733. The summed E-state index contributed by atoms with van der Waals surface area (Å²) in [6, 6.07) is 11.7. The maximum Gasteiger partial charge on any atom is 0.253 e. The van der Waals surface area contributed by atoms with Crippen molar-refractivity contribution in [2.24, 2.45) is 0 Å². The maximum atomic E-state index is 12.5. The molecule has 1 aliphatic heterocycles. The van der Waals surface area contributed by atoms with Gasteiger partial charge in [0.1, 0.15) is 23.9 Å². The molecule has 0 unspecified atom stereocenters. The van der Waals surface area contributed by atoms with Crippen LogP contribution < -0.4 is 10.6 Å². The molecule has 132 valence electrons. The number of nitrogens with one attached hydrogen (secondary N) is 2. The van der Waals surface area contributed by atoms with Crippen LogP contribution in [0.4, 0.5) is 5.69 Å². The molecule has 1 amide bonds. The molecule has 1 saturated heterocycles. The Kier molecular flexibility index (Phi) is 7.15. The van der Waals surface area contributed by atoms with Gasteiger partial charge in [-0.15, -0.1) is 0 Å². The lowest BCUT2D eigenvalue weighted by molar-refractivity contribution is 0.0383. The van der Waals surface area contributed by atoms with Gasteiger partial charge in [0.2, 0.25) is 0 Å². The van der Waals surface area contributed by atoms with Crippen molar-refractivity contribution in [1.82, 2.24) is 10.2 Å². The van der Waals surface area contributed by atoms with Crippen molar-refractivity contribution in [1.29, 1.82) is 15.8 Å². The van der Waals surface area contributed by atoms with E-state index >= 15 is 0 Å². The van der Waals surface area contributed by atoms with Crippen LogP contribution in [0.5, 0.6) is 0 Å². The van der Waals surface area contributed by atoms with Crippen LogP contribution in [0.3, 0.4) is 0 Å². The van der Waals surface area contributed by atoms with Crippen molar-refractivity contribution in [2.45, 2.75) is 0 Å². The monoisotopic (exact) mass is 350 g/mol. The fraction of sp³-hybridized carbons (Fsp3) is 0.333. The molecular formula is C18H18N6O2. The van der Waals surface area contributed by atoms with Gasteiger partial charge in [-0.25, -0.2) is 0 Å². The van der Waals surface area contributed by atoms with Crippen LogP contribution in [-0.2, 0) is 4.74 Å². The Bertz CT molecular complexity index is 790. The number of para-hydroxylation sites is 1. The molecule has 0 atom stereocenters. The van der Waals surface area contributed by atoms with Gasteiger partial charge in [0.05, 0.1) is 24.5 Å². The predicted octanol–water partition coefficient (Wildman–Crippen LogP) is 0.985. The highest BCUT2D eigenvalue weighted by molar-refractivity contribution is 6.00. The minimum atomic E-state index is -0.338. The summed E-state index contributed by atoms with van der Waals surface area (Å²) >= 11 is 0. The molecule has 0 spiro atoms. The number of anilines is 1. The average Bonchev–Trinajstić information content (AvgIpc) is 2.69. The normalized spacial score (nSPS) is 13.6. The smallest absolute Gasteiger partial charge is 0.253 e. The Morgan fingerprint density at radius 3 is 2.46 bits per heavy atom. The minimum Gasteiger partial charge on any atom is -0.379 e. The number of morpholine rings is 1. The van der Waals surface area contributed by atoms with Gasteiger partial charge in [-0.1, -0.05) is 12.1 Å². The molecular weight excluding hydrogens is 332 g/mol. The van der Waals surface area contributed by atoms with Gasteiger partial charge in [0.25, 0.3) is 5.91 Å². The zero-order valence-corrected chi connectivity index (χ0v) is 14.2. The zero-order valence-electron chi connectivity index (χ0n) is 14.2. The highest BCUT2D eigenvalue weighted by atomic mass is 16.5. The fourth-order valence-corrected chi connectivity index (χ4v) is 2.46. The third-order valence-electron chi connectivity index (χ3n) is 3.83. The summed E-state index contributed by atoms with van der Waals surface area (Å²) in [5.74, 6) is -0.297. The topological polar surface area (TPSA) is 125 Å². The minimum absolute atomic E-state index is 0.191. The highest BCUT2D eigenvalue weighted by Crippen LogP contribution is 2.18. The van der Waals surface area contributed by atoms with Crippen molar-refractivity contribution in [2.75, 3.05) is 44.7 Å². The number of carbonyl (C=O) groups excluding carboxylic acids is 1. The van der Waals surface area contributed by atoms with E-state index in [1.54, 1.807) is 42.5 Å². The lowest BCUT2D eigenvalue weighted by atomic mass is 10.1. The summed E-state index contributed by atoms with van der Waals surface area (Å²) in [6.45, 7) is 4.29. The molecule has 2 rings (SSSR count). The highest BCUT2D eigenvalue weighted by Gasteiger charge is 2.15. The molecule has 2 N–H and O–H groups in total. The number of hydrogen-bond acceptors (Lipinski definition) is 7. The van der Waals surface area contributed by atoms with Gasteiger partial charge in [-0.3, -0.25) is 9.69 Å². The van der Waals surface area contributed by atoms with E-state index in [2.05, 4.69) is 15.5 Å². The molecule has 8 heteroatoms. The largest absolute Gasteiger partial charge is 0.379 e. The van der Waals surface area contributed by atoms with E-state index in [-0.39, 0.29) is 17.2 Å². The fourth-order valence-electron chi connectivity index (χ4n) is 2.46. The van der Waals surface area contributed by atoms with Crippen LogP contribution in [0.15, 0.2) is 35.5 Å². The molecule has 1 aliphatic rings. The Labute approximate surface area is 151 Å². The number of rotatable bonds is 6. The number of nitrogens with zero attached hydrogens (tertiary/aromatic N) is 4. The Hall–Kier alpha value is -3.38. The Morgan fingerprint density at radius 2 is 1.81 bits per heavy atom. The molecule has 1 aromatic rings. The van der Waals surface area contributed by atoms with E-state index < -0.39 is 0 Å². The number of nitriles is 3. The number of benzene rings is 1. The summed E-state index contributed by atoms with van der Waals surface area (Å²) in [5, 5.41) is 32.5. The summed E-state index contributed by atoms with van der Waals surface area (Å²) < 4.78 is 5.28. The molecule has 0 aromatic heterocycles. The van der Waals surface area contributed by atoms with Gasteiger partial charge < -0.3 is 15.4 Å². The summed E-state index contributed by atoms with van der Waals surface area (Å²) in [4.78, 5) is 14.7. The Morgan fingerprint density at radius 1 is 1.12 bits per heavy atom. The van der Waals surface area contributed by atoms with Gasteiger partial charge in [-0.05, 0) is 12.1 Å². The molecule has 0 saturated carbocycles. The van der Waals surface area contributed by atoms with Crippen molar-refractivity contribution in [3.8, 4) is 18.2 Å². The van der Waals surface area contributed by atoms with Crippen molar-refractivity contribution in [3.63, 3.8) is 0 Å². The van der Waals surface area contributed by atoms with Gasteiger partial charge in [0.15, 0.2) is 5.57 Å². The number of carbonyl (C=O) groups is 1. The van der Waals surface area contributed by atoms with Gasteiger partial charge in [-0.2, -0.15) is 15.8 Å². The van der Waals surface area contributed by atoms with E-state index in [1.165, 1.54) is 0 Å². The molecule has 8 nitrogen and oxygen atoms in total. The predicted molar refractivity (Wildman–Crippen MR) is 93.5 cm³/mol. The van der Waals surface area contributed by atoms with E-state index in [0.717, 1.165) is 19.6 Å². The average molecular weight is 350 g/mol. The summed E-state index contributed by atoms with van der Waals surface area (Å²) in [6.07, 6.45) is 0. The molecule has 1 heterocycles. The number of amides is 1.